The van der Waals surface area contributed by atoms with Gasteiger partial charge in [-0.05, 0) is 18.2 Å². The summed E-state index contributed by atoms with van der Waals surface area (Å²) in [5, 5.41) is 9.98. The van der Waals surface area contributed by atoms with Gasteiger partial charge in [0.15, 0.2) is 0 Å². The minimum Gasteiger partial charge on any atom is -0.386 e. The van der Waals surface area contributed by atoms with Crippen LogP contribution >= 0.6 is 50.7 Å². The monoisotopic (exact) mass is 302 g/mol. The molecule has 0 aliphatic carbocycles. The van der Waals surface area contributed by atoms with Crippen LogP contribution in [0.4, 0.5) is 0 Å². The lowest BCUT2D eigenvalue weighted by molar-refractivity contribution is 0.193. The Kier molecular flexibility index (Phi) is 4.33. The molecule has 72 valence electrons. The first-order valence-electron chi connectivity index (χ1n) is 3.43. The molecule has 1 atom stereocenters. The second-order valence-electron chi connectivity index (χ2n) is 2.45. The van der Waals surface area contributed by atoms with Crippen LogP contribution in [0.3, 0.4) is 0 Å². The fourth-order valence-electron chi connectivity index (χ4n) is 0.877. The number of halogens is 4. The molecule has 1 aromatic rings. The minimum absolute atomic E-state index is 0.446. The second kappa shape index (κ2) is 4.85. The van der Waals surface area contributed by atoms with Crippen molar-refractivity contribution < 1.29 is 5.11 Å². The van der Waals surface area contributed by atoms with Gasteiger partial charge in [-0.1, -0.05) is 27.5 Å². The zero-order chi connectivity index (χ0) is 10.0. The topological polar surface area (TPSA) is 20.2 Å². The maximum absolute atomic E-state index is 9.53. The van der Waals surface area contributed by atoms with Crippen molar-refractivity contribution >= 4 is 50.7 Å². The zero-order valence-electron chi connectivity index (χ0n) is 6.35. The first kappa shape index (κ1) is 11.6. The molecule has 0 aliphatic rings. The van der Waals surface area contributed by atoms with Crippen LogP contribution in [0.1, 0.15) is 11.7 Å². The van der Waals surface area contributed by atoms with E-state index >= 15 is 0 Å². The summed E-state index contributed by atoms with van der Waals surface area (Å²) in [5.74, 6) is 0. The number of rotatable bonds is 2. The first-order chi connectivity index (χ1) is 6.02. The third-order valence-electron chi connectivity index (χ3n) is 1.52. The molecule has 13 heavy (non-hydrogen) atoms. The van der Waals surface area contributed by atoms with Crippen LogP contribution < -0.4 is 0 Å². The van der Waals surface area contributed by atoms with E-state index < -0.39 is 10.9 Å². The van der Waals surface area contributed by atoms with E-state index in [-0.39, 0.29) is 0 Å². The van der Waals surface area contributed by atoms with Crippen LogP contribution in [0.15, 0.2) is 22.7 Å². The fourth-order valence-corrected chi connectivity index (χ4v) is 1.76. The molecule has 0 aliphatic heterocycles. The average Bonchev–Trinajstić information content (AvgIpc) is 2.08. The summed E-state index contributed by atoms with van der Waals surface area (Å²) in [6, 6.07) is 5.13. The Hall–Kier alpha value is 0.530. The lowest BCUT2D eigenvalue weighted by Gasteiger charge is -2.13. The molecule has 0 saturated heterocycles. The van der Waals surface area contributed by atoms with Gasteiger partial charge in [-0.2, -0.15) is 0 Å². The molecule has 0 heterocycles. The average molecular weight is 304 g/mol. The van der Waals surface area contributed by atoms with Crippen LogP contribution in [0, 0.1) is 0 Å². The normalized spacial score (nSPS) is 13.4. The smallest absolute Gasteiger partial charge is 0.137 e. The van der Waals surface area contributed by atoms with E-state index in [0.717, 1.165) is 4.47 Å². The maximum atomic E-state index is 9.53. The third-order valence-corrected chi connectivity index (χ3v) is 2.83. The van der Waals surface area contributed by atoms with Gasteiger partial charge < -0.3 is 5.11 Å². The molecule has 0 aromatic heterocycles. The van der Waals surface area contributed by atoms with Crippen molar-refractivity contribution in [3.05, 3.63) is 33.3 Å². The molecule has 1 rings (SSSR count). The van der Waals surface area contributed by atoms with Crippen LogP contribution in [-0.2, 0) is 0 Å². The van der Waals surface area contributed by atoms with Crippen LogP contribution in [0.25, 0.3) is 0 Å². The molecule has 0 spiro atoms. The molecule has 1 nitrogen and oxygen atoms in total. The molecule has 0 bridgehead atoms. The number of aliphatic hydroxyl groups excluding tert-OH is 1. The summed E-state index contributed by atoms with van der Waals surface area (Å²) in [5.41, 5.74) is 0.519. The molecule has 1 aromatic carbocycles. The van der Waals surface area contributed by atoms with Crippen LogP contribution in [0.5, 0.6) is 0 Å². The van der Waals surface area contributed by atoms with E-state index in [4.69, 9.17) is 34.8 Å². The van der Waals surface area contributed by atoms with Crippen molar-refractivity contribution in [2.45, 2.75) is 10.9 Å². The van der Waals surface area contributed by atoms with E-state index in [1.165, 1.54) is 0 Å². The number of alkyl halides is 2. The van der Waals surface area contributed by atoms with E-state index in [0.29, 0.717) is 10.6 Å². The van der Waals surface area contributed by atoms with Gasteiger partial charge in [0, 0.05) is 15.1 Å². The Morgan fingerprint density at radius 1 is 1.31 bits per heavy atom. The summed E-state index contributed by atoms with van der Waals surface area (Å²) in [6.07, 6.45) is -0.965. The molecular weight excluding hydrogens is 298 g/mol. The predicted octanol–water partition coefficient (Wildman–Crippen LogP) is 3.94. The molecular formula is C8H6BrCl3O. The van der Waals surface area contributed by atoms with Gasteiger partial charge in [-0.25, -0.2) is 0 Å². The predicted molar refractivity (Wildman–Crippen MR) is 59.6 cm³/mol. The van der Waals surface area contributed by atoms with Gasteiger partial charge in [-0.3, -0.25) is 0 Å². The van der Waals surface area contributed by atoms with Gasteiger partial charge in [0.25, 0.3) is 0 Å². The summed E-state index contributed by atoms with van der Waals surface area (Å²) in [6.45, 7) is 0. The standard InChI is InChI=1S/C8H6BrCl3O/c9-4-1-2-6(10)5(3-4)7(13)8(11)12/h1-3,7-8,13H. The van der Waals surface area contributed by atoms with E-state index in [2.05, 4.69) is 15.9 Å². The Bertz CT molecular complexity index is 303. The summed E-state index contributed by atoms with van der Waals surface area (Å²) < 4.78 is 0.819. The fraction of sp³-hybridized carbons (Fsp3) is 0.250. The van der Waals surface area contributed by atoms with Gasteiger partial charge in [0.1, 0.15) is 10.9 Å². The van der Waals surface area contributed by atoms with E-state index in [1.54, 1.807) is 18.2 Å². The first-order valence-corrected chi connectivity index (χ1v) is 5.48. The highest BCUT2D eigenvalue weighted by molar-refractivity contribution is 9.10. The van der Waals surface area contributed by atoms with Crippen molar-refractivity contribution in [1.82, 2.24) is 0 Å². The molecule has 0 fully saturated rings. The molecule has 5 heteroatoms. The zero-order valence-corrected chi connectivity index (χ0v) is 10.2. The van der Waals surface area contributed by atoms with E-state index in [1.807, 2.05) is 0 Å². The van der Waals surface area contributed by atoms with Crippen molar-refractivity contribution in [2.75, 3.05) is 0 Å². The maximum Gasteiger partial charge on any atom is 0.137 e. The molecule has 0 radical (unpaired) electrons. The Morgan fingerprint density at radius 3 is 2.46 bits per heavy atom. The lowest BCUT2D eigenvalue weighted by Crippen LogP contribution is -2.06. The Morgan fingerprint density at radius 2 is 1.92 bits per heavy atom. The summed E-state index contributed by atoms with van der Waals surface area (Å²) >= 11 is 20.2. The SMILES string of the molecule is OC(c1cc(Br)ccc1Cl)C(Cl)Cl. The Balaban J connectivity index is 3.05. The quantitative estimate of drug-likeness (QED) is 0.821. The molecule has 0 amide bonds. The second-order valence-corrected chi connectivity index (χ2v) is 4.93. The van der Waals surface area contributed by atoms with Gasteiger partial charge >= 0.3 is 0 Å². The van der Waals surface area contributed by atoms with E-state index in [9.17, 15) is 5.11 Å². The van der Waals surface area contributed by atoms with Gasteiger partial charge in [0.05, 0.1) is 0 Å². The van der Waals surface area contributed by atoms with Crippen molar-refractivity contribution in [3.63, 3.8) is 0 Å². The van der Waals surface area contributed by atoms with Gasteiger partial charge in [0.2, 0.25) is 0 Å². The minimum atomic E-state index is -0.965. The van der Waals surface area contributed by atoms with Crippen molar-refractivity contribution in [3.8, 4) is 0 Å². The van der Waals surface area contributed by atoms with Crippen LogP contribution in [-0.4, -0.2) is 9.94 Å². The number of hydrogen-bond donors (Lipinski definition) is 1. The van der Waals surface area contributed by atoms with Gasteiger partial charge in [-0.15, -0.1) is 23.2 Å². The highest BCUT2D eigenvalue weighted by Gasteiger charge is 2.18. The molecule has 1 unspecified atom stereocenters. The van der Waals surface area contributed by atoms with Crippen molar-refractivity contribution in [2.24, 2.45) is 0 Å². The highest BCUT2D eigenvalue weighted by Crippen LogP contribution is 2.31. The van der Waals surface area contributed by atoms with Crippen molar-refractivity contribution in [1.29, 1.82) is 0 Å². The molecule has 1 N–H and O–H groups in total. The number of aliphatic hydroxyl groups is 1. The largest absolute Gasteiger partial charge is 0.386 e. The number of benzene rings is 1. The summed E-state index contributed by atoms with van der Waals surface area (Å²) in [4.78, 5) is -0.883. The highest BCUT2D eigenvalue weighted by atomic mass is 79.9. The molecule has 0 saturated carbocycles. The van der Waals surface area contributed by atoms with Crippen LogP contribution in [0.2, 0.25) is 5.02 Å². The Labute approximate surface area is 99.7 Å². The third kappa shape index (κ3) is 3.00. The number of hydrogen-bond acceptors (Lipinski definition) is 1. The summed E-state index contributed by atoms with van der Waals surface area (Å²) in [7, 11) is 0. The lowest BCUT2D eigenvalue weighted by atomic mass is 10.1.